The fraction of sp³-hybridized carbons (Fsp3) is 0.929. The summed E-state index contributed by atoms with van der Waals surface area (Å²) in [5.74, 6) is 0.931. The maximum Gasteiger partial charge on any atom is 0.222 e. The van der Waals surface area contributed by atoms with E-state index >= 15 is 0 Å². The molecule has 1 aliphatic rings. The first-order chi connectivity index (χ1) is 8.06. The van der Waals surface area contributed by atoms with Crippen molar-refractivity contribution in [2.75, 3.05) is 13.1 Å². The molecule has 0 radical (unpaired) electrons. The van der Waals surface area contributed by atoms with E-state index in [1.54, 1.807) is 0 Å². The van der Waals surface area contributed by atoms with E-state index in [1.165, 1.54) is 12.8 Å². The first kappa shape index (κ1) is 14.5. The summed E-state index contributed by atoms with van der Waals surface area (Å²) in [6.07, 6.45) is 4.88. The average Bonchev–Trinajstić information content (AvgIpc) is 2.66. The zero-order valence-corrected chi connectivity index (χ0v) is 11.5. The molecule has 0 aliphatic carbocycles. The Morgan fingerprint density at radius 1 is 1.29 bits per heavy atom. The van der Waals surface area contributed by atoms with Crippen LogP contribution in [0.25, 0.3) is 0 Å². The number of unbranched alkanes of at least 4 members (excludes halogenated alkanes) is 3. The third-order valence-corrected chi connectivity index (χ3v) is 3.79. The normalized spacial score (nSPS) is 24.6. The van der Waals surface area contributed by atoms with Gasteiger partial charge in [-0.3, -0.25) is 4.79 Å². The monoisotopic (exact) mass is 241 g/mol. The van der Waals surface area contributed by atoms with E-state index in [-0.39, 0.29) is 17.9 Å². The molecule has 1 saturated heterocycles. The van der Waals surface area contributed by atoms with Crippen LogP contribution >= 0.6 is 0 Å². The lowest BCUT2D eigenvalue weighted by molar-refractivity contribution is -0.130. The molecule has 0 aromatic rings. The number of nitrogens with zero attached hydrogens (tertiary/aromatic N) is 1. The maximum absolute atomic E-state index is 11.9. The number of hydrogen-bond donors (Lipinski definition) is 1. The fourth-order valence-electron chi connectivity index (χ4n) is 2.53. The SMILES string of the molecule is CCCCCCC(=O)N1CC(O)C(C(C)C)C1. The van der Waals surface area contributed by atoms with Crippen LogP contribution in [0.5, 0.6) is 0 Å². The Bertz CT molecular complexity index is 240. The van der Waals surface area contributed by atoms with Crippen molar-refractivity contribution in [2.45, 2.75) is 59.0 Å². The van der Waals surface area contributed by atoms with Crippen molar-refractivity contribution in [1.29, 1.82) is 0 Å². The van der Waals surface area contributed by atoms with Crippen molar-refractivity contribution in [3.8, 4) is 0 Å². The molecule has 2 unspecified atom stereocenters. The number of rotatable bonds is 6. The molecule has 3 heteroatoms. The largest absolute Gasteiger partial charge is 0.391 e. The molecule has 17 heavy (non-hydrogen) atoms. The van der Waals surface area contributed by atoms with Gasteiger partial charge in [-0.15, -0.1) is 0 Å². The predicted octanol–water partition coefficient (Wildman–Crippen LogP) is 2.43. The number of aliphatic hydroxyl groups excluding tert-OH is 1. The van der Waals surface area contributed by atoms with E-state index in [9.17, 15) is 9.90 Å². The second-order valence-corrected chi connectivity index (χ2v) is 5.58. The molecule has 3 nitrogen and oxygen atoms in total. The van der Waals surface area contributed by atoms with Crippen LogP contribution < -0.4 is 0 Å². The summed E-state index contributed by atoms with van der Waals surface area (Å²) in [5.41, 5.74) is 0. The predicted molar refractivity (Wildman–Crippen MR) is 69.7 cm³/mol. The van der Waals surface area contributed by atoms with Crippen molar-refractivity contribution in [2.24, 2.45) is 11.8 Å². The summed E-state index contributed by atoms with van der Waals surface area (Å²) >= 11 is 0. The van der Waals surface area contributed by atoms with Gasteiger partial charge in [-0.25, -0.2) is 0 Å². The lowest BCUT2D eigenvalue weighted by Gasteiger charge is -2.18. The van der Waals surface area contributed by atoms with Crippen LogP contribution in [0.1, 0.15) is 52.9 Å². The van der Waals surface area contributed by atoms with Crippen LogP contribution in [0.4, 0.5) is 0 Å². The maximum atomic E-state index is 11.9. The smallest absolute Gasteiger partial charge is 0.222 e. The molecular weight excluding hydrogens is 214 g/mol. The van der Waals surface area contributed by atoms with Gasteiger partial charge < -0.3 is 10.0 Å². The number of carbonyl (C=O) groups is 1. The standard InChI is InChI=1S/C14H27NO2/c1-4-5-6-7-8-14(17)15-9-12(11(2)3)13(16)10-15/h11-13,16H,4-10H2,1-3H3. The van der Waals surface area contributed by atoms with Crippen LogP contribution in [0, 0.1) is 11.8 Å². The summed E-state index contributed by atoms with van der Waals surface area (Å²) < 4.78 is 0. The number of β-amino-alcohol motifs (C(OH)–C–C–N with tert-alkyl or cyclic N) is 1. The van der Waals surface area contributed by atoms with Crippen LogP contribution in [0.2, 0.25) is 0 Å². The van der Waals surface area contributed by atoms with Crippen molar-refractivity contribution >= 4 is 5.91 Å². The van der Waals surface area contributed by atoms with Crippen molar-refractivity contribution in [3.63, 3.8) is 0 Å². The van der Waals surface area contributed by atoms with Gasteiger partial charge in [-0.2, -0.15) is 0 Å². The van der Waals surface area contributed by atoms with Crippen molar-refractivity contribution in [3.05, 3.63) is 0 Å². The van der Waals surface area contributed by atoms with Crippen LogP contribution in [0.3, 0.4) is 0 Å². The Hall–Kier alpha value is -0.570. The van der Waals surface area contributed by atoms with E-state index in [4.69, 9.17) is 0 Å². The summed E-state index contributed by atoms with van der Waals surface area (Å²) in [6.45, 7) is 7.68. The lowest BCUT2D eigenvalue weighted by atomic mass is 9.93. The zero-order valence-electron chi connectivity index (χ0n) is 11.5. The zero-order chi connectivity index (χ0) is 12.8. The minimum absolute atomic E-state index is 0.225. The Kier molecular flexibility index (Phi) is 5.96. The quantitative estimate of drug-likeness (QED) is 0.726. The number of likely N-dealkylation sites (tertiary alicyclic amines) is 1. The van der Waals surface area contributed by atoms with Gasteiger partial charge in [0.1, 0.15) is 0 Å². The van der Waals surface area contributed by atoms with Crippen molar-refractivity contribution in [1.82, 2.24) is 4.90 Å². The first-order valence-corrected chi connectivity index (χ1v) is 7.02. The summed E-state index contributed by atoms with van der Waals surface area (Å²) in [6, 6.07) is 0. The minimum atomic E-state index is -0.324. The number of hydrogen-bond acceptors (Lipinski definition) is 2. The molecule has 0 spiro atoms. The van der Waals surface area contributed by atoms with Gasteiger partial charge in [0.05, 0.1) is 6.10 Å². The van der Waals surface area contributed by atoms with Gasteiger partial charge in [0.25, 0.3) is 0 Å². The Balaban J connectivity index is 2.29. The molecule has 1 amide bonds. The van der Waals surface area contributed by atoms with Crippen LogP contribution in [-0.4, -0.2) is 35.1 Å². The molecule has 1 fully saturated rings. The fourth-order valence-corrected chi connectivity index (χ4v) is 2.53. The Morgan fingerprint density at radius 2 is 2.00 bits per heavy atom. The highest BCUT2D eigenvalue weighted by molar-refractivity contribution is 5.76. The molecule has 1 rings (SSSR count). The van der Waals surface area contributed by atoms with E-state index < -0.39 is 0 Å². The minimum Gasteiger partial charge on any atom is -0.391 e. The molecule has 1 heterocycles. The molecule has 1 N–H and O–H groups in total. The van der Waals surface area contributed by atoms with E-state index in [0.717, 1.165) is 19.4 Å². The highest BCUT2D eigenvalue weighted by atomic mass is 16.3. The molecule has 0 aromatic carbocycles. The van der Waals surface area contributed by atoms with Gasteiger partial charge in [-0.05, 0) is 12.3 Å². The van der Waals surface area contributed by atoms with Crippen LogP contribution in [-0.2, 0) is 4.79 Å². The second-order valence-electron chi connectivity index (χ2n) is 5.58. The summed E-state index contributed by atoms with van der Waals surface area (Å²) in [4.78, 5) is 13.8. The Labute approximate surface area is 105 Å². The third-order valence-electron chi connectivity index (χ3n) is 3.79. The summed E-state index contributed by atoms with van der Waals surface area (Å²) in [5, 5.41) is 9.89. The Morgan fingerprint density at radius 3 is 2.53 bits per heavy atom. The van der Waals surface area contributed by atoms with Gasteiger partial charge in [0.15, 0.2) is 0 Å². The topological polar surface area (TPSA) is 40.5 Å². The van der Waals surface area contributed by atoms with Gasteiger partial charge in [-0.1, -0.05) is 40.0 Å². The molecule has 100 valence electrons. The van der Waals surface area contributed by atoms with E-state index in [1.807, 2.05) is 4.90 Å². The number of aliphatic hydroxyl groups is 1. The van der Waals surface area contributed by atoms with E-state index in [2.05, 4.69) is 20.8 Å². The van der Waals surface area contributed by atoms with Crippen molar-refractivity contribution < 1.29 is 9.90 Å². The van der Waals surface area contributed by atoms with Gasteiger partial charge in [0.2, 0.25) is 5.91 Å². The third kappa shape index (κ3) is 4.30. The molecule has 0 saturated carbocycles. The molecule has 0 aromatic heterocycles. The molecular formula is C14H27NO2. The second kappa shape index (κ2) is 7.00. The average molecular weight is 241 g/mol. The van der Waals surface area contributed by atoms with Crippen LogP contribution in [0.15, 0.2) is 0 Å². The van der Waals surface area contributed by atoms with Gasteiger partial charge >= 0.3 is 0 Å². The first-order valence-electron chi connectivity index (χ1n) is 7.02. The number of amides is 1. The molecule has 0 bridgehead atoms. The lowest BCUT2D eigenvalue weighted by Crippen LogP contribution is -2.29. The number of carbonyl (C=O) groups excluding carboxylic acids is 1. The van der Waals surface area contributed by atoms with Gasteiger partial charge in [0, 0.05) is 25.4 Å². The van der Waals surface area contributed by atoms with E-state index in [0.29, 0.717) is 18.9 Å². The molecule has 2 atom stereocenters. The highest BCUT2D eigenvalue weighted by Gasteiger charge is 2.35. The summed E-state index contributed by atoms with van der Waals surface area (Å²) in [7, 11) is 0. The molecule has 1 aliphatic heterocycles. The highest BCUT2D eigenvalue weighted by Crippen LogP contribution is 2.25.